The Balaban J connectivity index is 1.62. The summed E-state index contributed by atoms with van der Waals surface area (Å²) in [6.07, 6.45) is 1.27. The molecule has 2 fully saturated rings. The maximum atomic E-state index is 14.7. The maximum absolute atomic E-state index is 14.7. The number of barbiturate groups is 1. The number of urea groups is 1. The van der Waals surface area contributed by atoms with Crippen molar-refractivity contribution in [3.05, 3.63) is 59.4 Å². The molecule has 2 aromatic carbocycles. The van der Waals surface area contributed by atoms with E-state index in [1.165, 1.54) is 31.4 Å². The van der Waals surface area contributed by atoms with Gasteiger partial charge in [0.25, 0.3) is 11.8 Å². The number of nitrogens with one attached hydrogen (secondary N) is 1. The number of nitrogens with zero attached hydrogens (tertiary/aromatic N) is 2. The second-order valence-electron chi connectivity index (χ2n) is 6.97. The van der Waals surface area contributed by atoms with E-state index in [-0.39, 0.29) is 11.3 Å². The summed E-state index contributed by atoms with van der Waals surface area (Å²) in [7, 11) is 1.50. The molecule has 1 N–H and O–H groups in total. The molecule has 0 unspecified atom stereocenters. The fraction of sp³-hybridized carbons (Fsp3) is 0.227. The van der Waals surface area contributed by atoms with Crippen molar-refractivity contribution in [2.24, 2.45) is 0 Å². The minimum absolute atomic E-state index is 0.269. The number of carbonyl (C=O) groups is 3. The molecule has 0 atom stereocenters. The molecule has 31 heavy (non-hydrogen) atoms. The second-order valence-corrected chi connectivity index (χ2v) is 6.97. The van der Waals surface area contributed by atoms with E-state index in [0.717, 1.165) is 4.90 Å². The van der Waals surface area contributed by atoms with Crippen molar-refractivity contribution in [2.75, 3.05) is 43.2 Å². The van der Waals surface area contributed by atoms with E-state index in [0.29, 0.717) is 43.3 Å². The van der Waals surface area contributed by atoms with Crippen molar-refractivity contribution in [1.82, 2.24) is 5.32 Å². The molecule has 8 nitrogen and oxygen atoms in total. The highest BCUT2D eigenvalue weighted by atomic mass is 19.1. The molecule has 2 aromatic rings. The molecule has 0 radical (unpaired) electrons. The quantitative estimate of drug-likeness (QED) is 0.598. The van der Waals surface area contributed by atoms with E-state index < -0.39 is 23.7 Å². The SMILES string of the molecule is COc1ccc(N2C(=O)NC(=O)C(=Cc3ccc(N4CCOCC4)c(F)c3)C2=O)cc1. The molecule has 0 spiro atoms. The van der Waals surface area contributed by atoms with E-state index >= 15 is 0 Å². The first-order valence-electron chi connectivity index (χ1n) is 9.65. The summed E-state index contributed by atoms with van der Waals surface area (Å²) >= 11 is 0. The lowest BCUT2D eigenvalue weighted by molar-refractivity contribution is -0.122. The normalized spacial score (nSPS) is 18.4. The zero-order valence-corrected chi connectivity index (χ0v) is 16.8. The van der Waals surface area contributed by atoms with Crippen LogP contribution in [0.3, 0.4) is 0 Å². The number of benzene rings is 2. The number of methoxy groups -OCH3 is 1. The Bertz CT molecular complexity index is 1060. The van der Waals surface area contributed by atoms with Crippen molar-refractivity contribution in [2.45, 2.75) is 0 Å². The molecular formula is C22H20FN3O5. The van der Waals surface area contributed by atoms with E-state index in [2.05, 4.69) is 5.32 Å². The van der Waals surface area contributed by atoms with Gasteiger partial charge in [-0.15, -0.1) is 0 Å². The summed E-state index contributed by atoms with van der Waals surface area (Å²) < 4.78 is 25.0. The van der Waals surface area contributed by atoms with Crippen LogP contribution in [0.4, 0.5) is 20.6 Å². The molecule has 160 valence electrons. The fourth-order valence-corrected chi connectivity index (χ4v) is 3.46. The molecule has 0 aliphatic carbocycles. The average Bonchev–Trinajstić information content (AvgIpc) is 2.77. The van der Waals surface area contributed by atoms with Gasteiger partial charge in [-0.25, -0.2) is 14.1 Å². The number of hydrogen-bond donors (Lipinski definition) is 1. The molecule has 2 saturated heterocycles. The summed E-state index contributed by atoms with van der Waals surface area (Å²) in [5.41, 5.74) is 0.765. The molecule has 2 aliphatic heterocycles. The van der Waals surface area contributed by atoms with Gasteiger partial charge in [0.15, 0.2) is 0 Å². The summed E-state index contributed by atoms with van der Waals surface area (Å²) in [6, 6.07) is 9.87. The van der Waals surface area contributed by atoms with Crippen LogP contribution in [0.25, 0.3) is 6.08 Å². The van der Waals surface area contributed by atoms with Crippen LogP contribution in [0, 0.1) is 5.82 Å². The number of rotatable bonds is 4. The van der Waals surface area contributed by atoms with Crippen LogP contribution >= 0.6 is 0 Å². The molecule has 2 aliphatic rings. The predicted molar refractivity (Wildman–Crippen MR) is 111 cm³/mol. The smallest absolute Gasteiger partial charge is 0.335 e. The first kappa shape index (κ1) is 20.5. The molecule has 9 heteroatoms. The number of ether oxygens (including phenoxy) is 2. The van der Waals surface area contributed by atoms with Crippen LogP contribution in [0.2, 0.25) is 0 Å². The van der Waals surface area contributed by atoms with Crippen LogP contribution in [0.15, 0.2) is 48.0 Å². The zero-order chi connectivity index (χ0) is 22.0. The lowest BCUT2D eigenvalue weighted by atomic mass is 10.1. The van der Waals surface area contributed by atoms with Gasteiger partial charge in [-0.3, -0.25) is 14.9 Å². The minimum atomic E-state index is -0.855. The van der Waals surface area contributed by atoms with Gasteiger partial charge in [0, 0.05) is 13.1 Å². The summed E-state index contributed by atoms with van der Waals surface area (Å²) in [5.74, 6) is -1.55. The number of hydrogen-bond acceptors (Lipinski definition) is 6. The van der Waals surface area contributed by atoms with E-state index in [1.54, 1.807) is 24.3 Å². The molecule has 4 amide bonds. The van der Waals surface area contributed by atoms with Crippen molar-refractivity contribution in [1.29, 1.82) is 0 Å². The van der Waals surface area contributed by atoms with E-state index in [4.69, 9.17) is 9.47 Å². The third kappa shape index (κ3) is 4.13. The molecule has 0 aromatic heterocycles. The highest BCUT2D eigenvalue weighted by Crippen LogP contribution is 2.26. The van der Waals surface area contributed by atoms with Gasteiger partial charge in [-0.1, -0.05) is 6.07 Å². The van der Waals surface area contributed by atoms with Crippen molar-refractivity contribution in [3.8, 4) is 5.75 Å². The van der Waals surface area contributed by atoms with Gasteiger partial charge in [-0.05, 0) is 48.0 Å². The number of halogens is 1. The van der Waals surface area contributed by atoms with Crippen LogP contribution < -0.4 is 19.9 Å². The Morgan fingerprint density at radius 3 is 2.42 bits per heavy atom. The standard InChI is InChI=1S/C22H20FN3O5/c1-30-16-5-3-15(4-6-16)26-21(28)17(20(27)24-22(26)29)12-14-2-7-19(18(23)13-14)25-8-10-31-11-9-25/h2-7,12-13H,8-11H2,1H3,(H,24,27,29). The highest BCUT2D eigenvalue weighted by Gasteiger charge is 2.36. The predicted octanol–water partition coefficient (Wildman–Crippen LogP) is 2.34. The van der Waals surface area contributed by atoms with Crippen molar-refractivity contribution >= 4 is 35.3 Å². The number of amides is 4. The monoisotopic (exact) mass is 425 g/mol. The third-order valence-corrected chi connectivity index (χ3v) is 5.07. The molecule has 0 saturated carbocycles. The van der Waals surface area contributed by atoms with Gasteiger partial charge in [-0.2, -0.15) is 0 Å². The Hall–Kier alpha value is -3.72. The Morgan fingerprint density at radius 1 is 1.06 bits per heavy atom. The topological polar surface area (TPSA) is 88.2 Å². The fourth-order valence-electron chi connectivity index (χ4n) is 3.46. The van der Waals surface area contributed by atoms with Gasteiger partial charge in [0.2, 0.25) is 0 Å². The number of anilines is 2. The van der Waals surface area contributed by atoms with Crippen molar-refractivity contribution in [3.63, 3.8) is 0 Å². The minimum Gasteiger partial charge on any atom is -0.497 e. The largest absolute Gasteiger partial charge is 0.497 e. The van der Waals surface area contributed by atoms with Gasteiger partial charge in [0.1, 0.15) is 17.1 Å². The molecule has 0 bridgehead atoms. The average molecular weight is 425 g/mol. The van der Waals surface area contributed by atoms with E-state index in [9.17, 15) is 18.8 Å². The Kier molecular flexibility index (Phi) is 5.68. The first-order chi connectivity index (χ1) is 15.0. The Labute approximate surface area is 177 Å². The van der Waals surface area contributed by atoms with Crippen molar-refractivity contribution < 1.29 is 28.2 Å². The maximum Gasteiger partial charge on any atom is 0.335 e. The summed E-state index contributed by atoms with van der Waals surface area (Å²) in [5, 5.41) is 2.15. The number of imide groups is 2. The lowest BCUT2D eigenvalue weighted by Crippen LogP contribution is -2.54. The summed E-state index contributed by atoms with van der Waals surface area (Å²) in [4.78, 5) is 40.3. The van der Waals surface area contributed by atoms with E-state index in [1.807, 2.05) is 4.90 Å². The van der Waals surface area contributed by atoms with Gasteiger partial charge in [0.05, 0.1) is 31.7 Å². The zero-order valence-electron chi connectivity index (χ0n) is 16.8. The molecule has 2 heterocycles. The highest BCUT2D eigenvalue weighted by molar-refractivity contribution is 6.39. The van der Waals surface area contributed by atoms with Crippen LogP contribution in [-0.2, 0) is 14.3 Å². The van der Waals surface area contributed by atoms with Crippen LogP contribution in [0.1, 0.15) is 5.56 Å². The van der Waals surface area contributed by atoms with Crippen LogP contribution in [0.5, 0.6) is 5.75 Å². The molecular weight excluding hydrogens is 405 g/mol. The molecule has 4 rings (SSSR count). The number of carbonyl (C=O) groups excluding carboxylic acids is 3. The second kappa shape index (κ2) is 8.57. The Morgan fingerprint density at radius 2 is 1.77 bits per heavy atom. The van der Waals surface area contributed by atoms with Gasteiger partial charge < -0.3 is 14.4 Å². The van der Waals surface area contributed by atoms with Gasteiger partial charge >= 0.3 is 6.03 Å². The first-order valence-corrected chi connectivity index (χ1v) is 9.65. The van der Waals surface area contributed by atoms with Crippen LogP contribution in [-0.4, -0.2) is 51.3 Å². The number of morpholine rings is 1. The lowest BCUT2D eigenvalue weighted by Gasteiger charge is -2.29. The summed E-state index contributed by atoms with van der Waals surface area (Å²) in [6.45, 7) is 2.21. The third-order valence-electron chi connectivity index (χ3n) is 5.07.